The van der Waals surface area contributed by atoms with Crippen molar-refractivity contribution in [1.29, 1.82) is 0 Å². The van der Waals surface area contributed by atoms with Gasteiger partial charge in [0.15, 0.2) is 5.16 Å². The highest BCUT2D eigenvalue weighted by Gasteiger charge is 2.27. The summed E-state index contributed by atoms with van der Waals surface area (Å²) in [6.45, 7) is 5.58. The number of thioether (sulfide) groups is 1. The third kappa shape index (κ3) is 4.73. The molecule has 152 valence electrons. The molecule has 1 aliphatic rings. The van der Waals surface area contributed by atoms with E-state index < -0.39 is 10.0 Å². The molecule has 1 saturated heterocycles. The molecular formula is C18H25N5O3S2. The van der Waals surface area contributed by atoms with Crippen LogP contribution in [0.5, 0.6) is 0 Å². The van der Waals surface area contributed by atoms with Crippen LogP contribution < -0.4 is 5.32 Å². The Morgan fingerprint density at radius 2 is 2.00 bits per heavy atom. The number of nitrogens with one attached hydrogen (secondary N) is 1. The third-order valence-corrected chi connectivity index (χ3v) is 7.68. The second-order valence-corrected chi connectivity index (χ2v) is 9.53. The summed E-state index contributed by atoms with van der Waals surface area (Å²) in [4.78, 5) is 12.6. The molecule has 8 nitrogen and oxygen atoms in total. The van der Waals surface area contributed by atoms with Gasteiger partial charge in [-0.05, 0) is 44.4 Å². The lowest BCUT2D eigenvalue weighted by molar-refractivity contribution is -0.113. The lowest BCUT2D eigenvalue weighted by Crippen LogP contribution is -2.36. The summed E-state index contributed by atoms with van der Waals surface area (Å²) >= 11 is 1.29. The van der Waals surface area contributed by atoms with E-state index >= 15 is 0 Å². The van der Waals surface area contributed by atoms with Crippen LogP contribution >= 0.6 is 11.8 Å². The molecule has 28 heavy (non-hydrogen) atoms. The normalized spacial score (nSPS) is 15.5. The Morgan fingerprint density at radius 3 is 2.71 bits per heavy atom. The number of hydrogen-bond donors (Lipinski definition) is 1. The molecule has 1 aliphatic heterocycles. The van der Waals surface area contributed by atoms with Gasteiger partial charge >= 0.3 is 0 Å². The summed E-state index contributed by atoms with van der Waals surface area (Å²) in [7, 11) is -3.55. The number of sulfonamides is 1. The lowest BCUT2D eigenvalue weighted by atomic mass is 10.2. The number of aromatic nitrogens is 3. The summed E-state index contributed by atoms with van der Waals surface area (Å²) in [5, 5.41) is 11.3. The van der Waals surface area contributed by atoms with E-state index in [0.717, 1.165) is 25.8 Å². The predicted molar refractivity (Wildman–Crippen MR) is 109 cm³/mol. The molecule has 1 aromatic carbocycles. The molecule has 0 atom stereocenters. The highest BCUT2D eigenvalue weighted by atomic mass is 32.2. The molecule has 2 aromatic rings. The molecule has 10 heteroatoms. The molecule has 0 radical (unpaired) electrons. The fraction of sp³-hybridized carbons (Fsp3) is 0.500. The maximum absolute atomic E-state index is 13.0. The highest BCUT2D eigenvalue weighted by Crippen LogP contribution is 2.26. The molecule has 1 amide bonds. The van der Waals surface area contributed by atoms with Crippen molar-refractivity contribution in [3.63, 3.8) is 0 Å². The fourth-order valence-electron chi connectivity index (χ4n) is 3.10. The molecule has 3 rings (SSSR count). The average Bonchev–Trinajstić information content (AvgIpc) is 3.16. The van der Waals surface area contributed by atoms with Crippen molar-refractivity contribution < 1.29 is 13.2 Å². The van der Waals surface area contributed by atoms with Crippen LogP contribution in [0.3, 0.4) is 0 Å². The van der Waals surface area contributed by atoms with E-state index in [9.17, 15) is 13.2 Å². The molecule has 0 bridgehead atoms. The molecular weight excluding hydrogens is 398 g/mol. The first-order valence-corrected chi connectivity index (χ1v) is 11.8. The Morgan fingerprint density at radius 1 is 1.25 bits per heavy atom. The van der Waals surface area contributed by atoms with Crippen molar-refractivity contribution in [2.75, 3.05) is 24.2 Å². The van der Waals surface area contributed by atoms with Crippen LogP contribution in [0.1, 0.15) is 31.7 Å². The maximum atomic E-state index is 13.0. The maximum Gasteiger partial charge on any atom is 0.243 e. The number of carbonyl (C=O) groups is 1. The number of hydrogen-bond acceptors (Lipinski definition) is 6. The van der Waals surface area contributed by atoms with Crippen LogP contribution in [0, 0.1) is 6.92 Å². The van der Waals surface area contributed by atoms with Gasteiger partial charge in [0.05, 0.1) is 10.6 Å². The minimum absolute atomic E-state index is 0.167. The van der Waals surface area contributed by atoms with E-state index in [2.05, 4.69) is 15.5 Å². The summed E-state index contributed by atoms with van der Waals surface area (Å²) < 4.78 is 29.4. The van der Waals surface area contributed by atoms with Crippen LogP contribution in [-0.2, 0) is 21.4 Å². The SMILES string of the molecule is CCn1cnnc1SCC(=O)Nc1ccc(C)c(S(=O)(=O)N2CCCCC2)c1. The molecule has 0 spiro atoms. The second-order valence-electron chi connectivity index (χ2n) is 6.68. The molecule has 0 aliphatic carbocycles. The van der Waals surface area contributed by atoms with E-state index in [1.54, 1.807) is 31.5 Å². The van der Waals surface area contributed by atoms with Gasteiger partial charge in [-0.3, -0.25) is 4.79 Å². The number of aryl methyl sites for hydroxylation is 2. The van der Waals surface area contributed by atoms with Gasteiger partial charge in [0.25, 0.3) is 0 Å². The van der Waals surface area contributed by atoms with Crippen molar-refractivity contribution in [1.82, 2.24) is 19.1 Å². The van der Waals surface area contributed by atoms with Crippen LogP contribution in [0.2, 0.25) is 0 Å². The highest BCUT2D eigenvalue weighted by molar-refractivity contribution is 7.99. The summed E-state index contributed by atoms with van der Waals surface area (Å²) in [5.41, 5.74) is 1.15. The quantitative estimate of drug-likeness (QED) is 0.687. The molecule has 1 fully saturated rings. The summed E-state index contributed by atoms with van der Waals surface area (Å²) in [6, 6.07) is 5.01. The van der Waals surface area contributed by atoms with Crippen LogP contribution in [0.4, 0.5) is 5.69 Å². The van der Waals surface area contributed by atoms with E-state index in [1.165, 1.54) is 16.1 Å². The molecule has 0 saturated carbocycles. The van der Waals surface area contributed by atoms with Gasteiger partial charge in [-0.2, -0.15) is 4.31 Å². The average molecular weight is 424 g/mol. The predicted octanol–water partition coefficient (Wildman–Crippen LogP) is 2.51. The third-order valence-electron chi connectivity index (χ3n) is 4.66. The Hall–Kier alpha value is -1.91. The van der Waals surface area contributed by atoms with Gasteiger partial charge in [-0.25, -0.2) is 8.42 Å². The van der Waals surface area contributed by atoms with Gasteiger partial charge in [0, 0.05) is 25.3 Å². The topological polar surface area (TPSA) is 97.2 Å². The first-order chi connectivity index (χ1) is 13.4. The number of amides is 1. The smallest absolute Gasteiger partial charge is 0.243 e. The van der Waals surface area contributed by atoms with Crippen molar-refractivity contribution in [3.8, 4) is 0 Å². The van der Waals surface area contributed by atoms with Crippen molar-refractivity contribution >= 4 is 33.4 Å². The lowest BCUT2D eigenvalue weighted by Gasteiger charge is -2.26. The number of nitrogens with zero attached hydrogens (tertiary/aromatic N) is 4. The van der Waals surface area contributed by atoms with Crippen LogP contribution in [0.15, 0.2) is 34.6 Å². The van der Waals surface area contributed by atoms with Crippen LogP contribution in [0.25, 0.3) is 0 Å². The minimum atomic E-state index is -3.55. The Balaban J connectivity index is 1.69. The van der Waals surface area contributed by atoms with Gasteiger partial charge in [-0.1, -0.05) is 24.2 Å². The van der Waals surface area contributed by atoms with Gasteiger partial charge in [0.2, 0.25) is 15.9 Å². The molecule has 0 unspecified atom stereocenters. The minimum Gasteiger partial charge on any atom is -0.325 e. The zero-order valence-corrected chi connectivity index (χ0v) is 17.7. The van der Waals surface area contributed by atoms with E-state index in [4.69, 9.17) is 0 Å². The standard InChI is InChI=1S/C18H25N5O3S2/c1-3-22-13-19-21-18(22)27-12-17(24)20-15-8-7-14(2)16(11-15)28(25,26)23-9-5-4-6-10-23/h7-8,11,13H,3-6,9-10,12H2,1-2H3,(H,20,24). The fourth-order valence-corrected chi connectivity index (χ4v) is 5.65. The van der Waals surface area contributed by atoms with Gasteiger partial charge < -0.3 is 9.88 Å². The Bertz CT molecular complexity index is 936. The monoisotopic (exact) mass is 423 g/mol. The van der Waals surface area contributed by atoms with E-state index in [-0.39, 0.29) is 16.6 Å². The van der Waals surface area contributed by atoms with Gasteiger partial charge in [0.1, 0.15) is 6.33 Å². The summed E-state index contributed by atoms with van der Waals surface area (Å²) in [6.07, 6.45) is 4.45. The van der Waals surface area contributed by atoms with Crippen molar-refractivity contribution in [2.45, 2.75) is 49.7 Å². The van der Waals surface area contributed by atoms with Gasteiger partial charge in [-0.15, -0.1) is 10.2 Å². The largest absolute Gasteiger partial charge is 0.325 e. The Labute approximate surface area is 169 Å². The van der Waals surface area contributed by atoms with E-state index in [0.29, 0.717) is 29.5 Å². The molecule has 2 heterocycles. The first kappa shape index (κ1) is 20.8. The molecule has 1 N–H and O–H groups in total. The number of benzene rings is 1. The van der Waals surface area contributed by atoms with E-state index in [1.807, 2.05) is 11.5 Å². The van der Waals surface area contributed by atoms with Crippen molar-refractivity contribution in [3.05, 3.63) is 30.1 Å². The zero-order valence-electron chi connectivity index (χ0n) is 16.1. The van der Waals surface area contributed by atoms with Crippen LogP contribution in [-0.4, -0.2) is 52.2 Å². The summed E-state index contributed by atoms with van der Waals surface area (Å²) in [5.74, 6) is -0.0540. The molecule has 1 aromatic heterocycles. The Kier molecular flexibility index (Phi) is 6.73. The van der Waals surface area contributed by atoms with Crippen molar-refractivity contribution in [2.24, 2.45) is 0 Å². The zero-order chi connectivity index (χ0) is 20.1. The number of carbonyl (C=O) groups excluding carboxylic acids is 1. The number of anilines is 1. The first-order valence-electron chi connectivity index (χ1n) is 9.33. The number of piperidine rings is 1. The second kappa shape index (κ2) is 9.06. The number of rotatable bonds is 7.